The second-order valence-electron chi connectivity index (χ2n) is 7.06. The number of benzene rings is 1. The topological polar surface area (TPSA) is 114 Å². The Morgan fingerprint density at radius 3 is 2.87 bits per heavy atom. The number of amides is 2. The van der Waals surface area contributed by atoms with Gasteiger partial charge in [0.15, 0.2) is 5.82 Å². The van der Waals surface area contributed by atoms with Crippen molar-refractivity contribution < 1.29 is 14.1 Å². The lowest BCUT2D eigenvalue weighted by Crippen LogP contribution is -2.31. The Balaban J connectivity index is 1.32. The van der Waals surface area contributed by atoms with E-state index in [1.54, 1.807) is 4.90 Å². The predicted molar refractivity (Wildman–Crippen MR) is 106 cm³/mol. The van der Waals surface area contributed by atoms with Crippen molar-refractivity contribution in [1.29, 1.82) is 0 Å². The van der Waals surface area contributed by atoms with Crippen LogP contribution in [-0.2, 0) is 17.8 Å². The largest absolute Gasteiger partial charge is 0.352 e. The molecular weight excluding hydrogens is 384 g/mol. The molecule has 1 aliphatic heterocycles. The summed E-state index contributed by atoms with van der Waals surface area (Å²) in [7, 11) is 0. The number of aryl methyl sites for hydroxylation is 1. The Labute approximate surface area is 173 Å². The van der Waals surface area contributed by atoms with Crippen molar-refractivity contribution in [3.8, 4) is 0 Å². The smallest absolute Gasteiger partial charge is 0.274 e. The molecule has 154 valence electrons. The van der Waals surface area contributed by atoms with Crippen molar-refractivity contribution in [3.05, 3.63) is 71.9 Å². The maximum atomic E-state index is 12.7. The molecule has 1 atom stereocenters. The summed E-state index contributed by atoms with van der Waals surface area (Å²) < 4.78 is 5.32. The average Bonchev–Trinajstić information content (AvgIpc) is 3.46. The first-order chi connectivity index (χ1) is 14.7. The van der Waals surface area contributed by atoms with E-state index in [-0.39, 0.29) is 24.3 Å². The zero-order chi connectivity index (χ0) is 20.8. The van der Waals surface area contributed by atoms with Crippen LogP contribution in [0.5, 0.6) is 0 Å². The molecule has 2 aromatic heterocycles. The molecule has 1 unspecified atom stereocenters. The summed E-state index contributed by atoms with van der Waals surface area (Å²) in [5, 5.41) is 6.93. The molecule has 30 heavy (non-hydrogen) atoms. The van der Waals surface area contributed by atoms with Crippen molar-refractivity contribution in [1.82, 2.24) is 30.3 Å². The highest BCUT2D eigenvalue weighted by atomic mass is 16.5. The molecule has 2 amide bonds. The predicted octanol–water partition coefficient (Wildman–Crippen LogP) is 2.09. The summed E-state index contributed by atoms with van der Waals surface area (Å²) in [5.41, 5.74) is 1.34. The molecule has 3 aromatic rings. The van der Waals surface area contributed by atoms with Crippen LogP contribution in [0.3, 0.4) is 0 Å². The minimum atomic E-state index is -0.260. The fraction of sp³-hybridized carbons (Fsp3) is 0.333. The zero-order valence-electron chi connectivity index (χ0n) is 16.4. The monoisotopic (exact) mass is 406 g/mol. The number of likely N-dealkylation sites (tertiary alicyclic amines) is 1. The van der Waals surface area contributed by atoms with Crippen LogP contribution in [0.1, 0.15) is 53.1 Å². The normalized spacial score (nSPS) is 15.9. The van der Waals surface area contributed by atoms with Crippen LogP contribution in [0.2, 0.25) is 0 Å². The van der Waals surface area contributed by atoms with E-state index >= 15 is 0 Å². The molecule has 3 heterocycles. The van der Waals surface area contributed by atoms with Crippen LogP contribution < -0.4 is 5.32 Å². The van der Waals surface area contributed by atoms with Gasteiger partial charge >= 0.3 is 0 Å². The number of nitrogens with one attached hydrogen (secondary N) is 1. The van der Waals surface area contributed by atoms with Gasteiger partial charge in [0.25, 0.3) is 5.91 Å². The highest BCUT2D eigenvalue weighted by Gasteiger charge is 2.34. The lowest BCUT2D eigenvalue weighted by molar-refractivity contribution is -0.121. The molecule has 0 saturated carbocycles. The molecule has 1 aromatic carbocycles. The van der Waals surface area contributed by atoms with E-state index in [2.05, 4.69) is 25.4 Å². The molecule has 1 saturated heterocycles. The molecule has 1 aliphatic rings. The molecule has 4 rings (SSSR count). The maximum absolute atomic E-state index is 12.7. The first-order valence-electron chi connectivity index (χ1n) is 9.91. The van der Waals surface area contributed by atoms with Crippen LogP contribution in [0.4, 0.5) is 0 Å². The van der Waals surface area contributed by atoms with Crippen LogP contribution in [0, 0.1) is 0 Å². The Morgan fingerprint density at radius 2 is 2.07 bits per heavy atom. The average molecular weight is 406 g/mol. The van der Waals surface area contributed by atoms with Crippen LogP contribution in [-0.4, -0.2) is 43.4 Å². The molecule has 1 N–H and O–H groups in total. The second-order valence-corrected chi connectivity index (χ2v) is 7.06. The molecule has 9 nitrogen and oxygen atoms in total. The van der Waals surface area contributed by atoms with Gasteiger partial charge in [-0.3, -0.25) is 14.6 Å². The summed E-state index contributed by atoms with van der Waals surface area (Å²) in [6.45, 7) is 1.09. The van der Waals surface area contributed by atoms with Crippen molar-refractivity contribution in [2.75, 3.05) is 6.54 Å². The van der Waals surface area contributed by atoms with Gasteiger partial charge in [-0.05, 0) is 18.4 Å². The highest BCUT2D eigenvalue weighted by Crippen LogP contribution is 2.31. The van der Waals surface area contributed by atoms with Gasteiger partial charge in [-0.1, -0.05) is 35.5 Å². The van der Waals surface area contributed by atoms with Crippen molar-refractivity contribution in [2.24, 2.45) is 0 Å². The Kier molecular flexibility index (Phi) is 6.07. The maximum Gasteiger partial charge on any atom is 0.274 e. The van der Waals surface area contributed by atoms with Gasteiger partial charge in [0.2, 0.25) is 11.8 Å². The fourth-order valence-electron chi connectivity index (χ4n) is 3.45. The van der Waals surface area contributed by atoms with Gasteiger partial charge in [0, 0.05) is 38.3 Å². The molecule has 0 radical (unpaired) electrons. The number of hydrogen-bond donors (Lipinski definition) is 1. The van der Waals surface area contributed by atoms with Gasteiger partial charge in [0.1, 0.15) is 5.69 Å². The summed E-state index contributed by atoms with van der Waals surface area (Å²) >= 11 is 0. The van der Waals surface area contributed by atoms with Gasteiger partial charge in [-0.2, -0.15) is 4.98 Å². The Morgan fingerprint density at radius 1 is 1.20 bits per heavy atom. The minimum Gasteiger partial charge on any atom is -0.352 e. The fourth-order valence-corrected chi connectivity index (χ4v) is 3.45. The van der Waals surface area contributed by atoms with E-state index in [0.717, 1.165) is 18.4 Å². The van der Waals surface area contributed by atoms with Crippen molar-refractivity contribution >= 4 is 11.8 Å². The lowest BCUT2D eigenvalue weighted by Gasteiger charge is -2.21. The van der Waals surface area contributed by atoms with E-state index in [4.69, 9.17) is 4.52 Å². The molecule has 0 bridgehead atoms. The SMILES string of the molecule is O=C(CCc1nc(C2CCCN2C(=O)c2cnccn2)no1)NCc1ccccc1. The molecule has 0 aliphatic carbocycles. The van der Waals surface area contributed by atoms with E-state index in [1.165, 1.54) is 18.6 Å². The zero-order valence-corrected chi connectivity index (χ0v) is 16.4. The first kappa shape index (κ1) is 19.7. The number of carbonyl (C=O) groups is 2. The molecule has 9 heteroatoms. The van der Waals surface area contributed by atoms with Crippen LogP contribution in [0.15, 0.2) is 53.4 Å². The quantitative estimate of drug-likeness (QED) is 0.639. The number of aromatic nitrogens is 4. The molecule has 1 fully saturated rings. The highest BCUT2D eigenvalue weighted by molar-refractivity contribution is 5.92. The summed E-state index contributed by atoms with van der Waals surface area (Å²) in [4.78, 5) is 39.0. The van der Waals surface area contributed by atoms with Gasteiger partial charge < -0.3 is 14.7 Å². The van der Waals surface area contributed by atoms with E-state index in [0.29, 0.717) is 36.9 Å². The third-order valence-corrected chi connectivity index (χ3v) is 4.98. The number of rotatable bonds is 7. The first-order valence-corrected chi connectivity index (χ1v) is 9.91. The summed E-state index contributed by atoms with van der Waals surface area (Å²) in [5.74, 6) is 0.569. The van der Waals surface area contributed by atoms with Crippen molar-refractivity contribution in [3.63, 3.8) is 0 Å². The van der Waals surface area contributed by atoms with Gasteiger partial charge in [-0.25, -0.2) is 4.98 Å². The molecule has 0 spiro atoms. The standard InChI is InChI=1S/C21H22N6O3/c28-18(24-13-15-5-2-1-3-6-15)8-9-19-25-20(26-30-19)17-7-4-12-27(17)21(29)16-14-22-10-11-23-16/h1-3,5-6,10-11,14,17H,4,7-9,12-13H2,(H,24,28). The number of hydrogen-bond acceptors (Lipinski definition) is 7. The lowest BCUT2D eigenvalue weighted by atomic mass is 10.2. The second kappa shape index (κ2) is 9.25. The van der Waals surface area contributed by atoms with Gasteiger partial charge in [-0.15, -0.1) is 0 Å². The third kappa shape index (κ3) is 4.68. The summed E-state index contributed by atoms with van der Waals surface area (Å²) in [6.07, 6.45) is 6.67. The van der Waals surface area contributed by atoms with E-state index in [1.807, 2.05) is 30.3 Å². The third-order valence-electron chi connectivity index (χ3n) is 4.98. The van der Waals surface area contributed by atoms with Gasteiger partial charge in [0.05, 0.1) is 12.2 Å². The van der Waals surface area contributed by atoms with Crippen molar-refractivity contribution in [2.45, 2.75) is 38.3 Å². The van der Waals surface area contributed by atoms with E-state index < -0.39 is 0 Å². The molecular formula is C21H22N6O3. The Bertz CT molecular complexity index is 992. The Hall–Kier alpha value is -3.62. The summed E-state index contributed by atoms with van der Waals surface area (Å²) in [6, 6.07) is 9.46. The number of nitrogens with zero attached hydrogens (tertiary/aromatic N) is 5. The van der Waals surface area contributed by atoms with E-state index in [9.17, 15) is 9.59 Å². The number of carbonyl (C=O) groups excluding carboxylic acids is 2. The van der Waals surface area contributed by atoms with Crippen LogP contribution >= 0.6 is 0 Å². The minimum absolute atomic E-state index is 0.0843. The van der Waals surface area contributed by atoms with Crippen LogP contribution in [0.25, 0.3) is 0 Å².